The first-order valence-corrected chi connectivity index (χ1v) is 6.13. The number of hydrogen-bond acceptors (Lipinski definition) is 5. The first-order chi connectivity index (χ1) is 9.43. The number of carbonyl (C=O) groups is 3. The Balaban J connectivity index is 2.92. The van der Waals surface area contributed by atoms with E-state index in [1.807, 2.05) is 0 Å². The number of likely N-dealkylation sites (N-methyl/N-ethyl adjacent to an activating group) is 1. The Hall–Kier alpha value is -2.34. The minimum Gasteiger partial charge on any atom is -0.465 e. The molecule has 1 aliphatic rings. The Bertz CT molecular complexity index is 447. The highest BCUT2D eigenvalue weighted by Crippen LogP contribution is 2.09. The van der Waals surface area contributed by atoms with E-state index < -0.39 is 24.1 Å². The largest absolute Gasteiger partial charge is 0.465 e. The number of hydrogen-bond donors (Lipinski definition) is 2. The zero-order valence-electron chi connectivity index (χ0n) is 11.4. The van der Waals surface area contributed by atoms with Crippen LogP contribution in [0.5, 0.6) is 0 Å². The van der Waals surface area contributed by atoms with Crippen LogP contribution in [0.4, 0.5) is 9.59 Å². The minimum atomic E-state index is -1.21. The van der Waals surface area contributed by atoms with Crippen molar-refractivity contribution in [2.24, 2.45) is 0 Å². The molecule has 1 fully saturated rings. The molecule has 0 radical (unpaired) electrons. The number of amides is 4. The second-order valence-corrected chi connectivity index (χ2v) is 4.22. The van der Waals surface area contributed by atoms with Crippen LogP contribution in [0.15, 0.2) is 0 Å². The minimum absolute atomic E-state index is 0.0631. The monoisotopic (exact) mass is 283 g/mol. The Morgan fingerprint density at radius 2 is 2.15 bits per heavy atom. The summed E-state index contributed by atoms with van der Waals surface area (Å²) < 4.78 is 0. The summed E-state index contributed by atoms with van der Waals surface area (Å²) in [6, 6.07) is -1.73. The summed E-state index contributed by atoms with van der Waals surface area (Å²) in [6.07, 6.45) is 0.409. The van der Waals surface area contributed by atoms with Crippen LogP contribution in [0.25, 0.3) is 0 Å². The van der Waals surface area contributed by atoms with E-state index in [9.17, 15) is 14.4 Å². The summed E-state index contributed by atoms with van der Waals surface area (Å²) in [6.45, 7) is 2.42. The number of rotatable bonds is 2. The maximum atomic E-state index is 12.3. The SMILES string of the molecule is CCN(C(=O)C1CNCCN1C(=O)O)C(=O)N(C)C#N. The topological polar surface area (TPSA) is 117 Å². The number of nitrogens with one attached hydrogen (secondary N) is 1. The number of piperazine rings is 1. The Morgan fingerprint density at radius 1 is 1.50 bits per heavy atom. The van der Waals surface area contributed by atoms with Crippen molar-refractivity contribution in [1.29, 1.82) is 5.26 Å². The van der Waals surface area contributed by atoms with Crippen molar-refractivity contribution in [3.8, 4) is 6.19 Å². The Morgan fingerprint density at radius 3 is 2.65 bits per heavy atom. The van der Waals surface area contributed by atoms with Gasteiger partial charge in [-0.3, -0.25) is 14.6 Å². The van der Waals surface area contributed by atoms with Crippen molar-refractivity contribution in [1.82, 2.24) is 20.0 Å². The lowest BCUT2D eigenvalue weighted by atomic mass is 10.1. The normalized spacial score (nSPS) is 18.1. The first-order valence-electron chi connectivity index (χ1n) is 6.13. The van der Waals surface area contributed by atoms with E-state index in [0.29, 0.717) is 6.54 Å². The van der Waals surface area contributed by atoms with Crippen molar-refractivity contribution in [3.63, 3.8) is 0 Å². The molecule has 2 N–H and O–H groups in total. The van der Waals surface area contributed by atoms with Crippen LogP contribution < -0.4 is 5.32 Å². The van der Waals surface area contributed by atoms with Gasteiger partial charge in [0.1, 0.15) is 6.04 Å². The van der Waals surface area contributed by atoms with Crippen LogP contribution in [-0.2, 0) is 4.79 Å². The van der Waals surface area contributed by atoms with Gasteiger partial charge in [0.05, 0.1) is 0 Å². The number of nitriles is 1. The van der Waals surface area contributed by atoms with Gasteiger partial charge in [-0.15, -0.1) is 0 Å². The predicted molar refractivity (Wildman–Crippen MR) is 67.5 cm³/mol. The number of carboxylic acid groups (broad SMARTS) is 1. The standard InChI is InChI=1S/C11H17N5O4/c1-3-15(10(18)14(2)7-12)9(17)8-6-13-4-5-16(8)11(19)20/h8,13H,3-6H2,1-2H3,(H,19,20). The molecule has 110 valence electrons. The lowest BCUT2D eigenvalue weighted by Gasteiger charge is -2.35. The van der Waals surface area contributed by atoms with E-state index in [2.05, 4.69) is 5.32 Å². The highest BCUT2D eigenvalue weighted by Gasteiger charge is 2.37. The molecule has 4 amide bonds. The fourth-order valence-corrected chi connectivity index (χ4v) is 1.94. The molecule has 1 unspecified atom stereocenters. The molecule has 0 spiro atoms. The smallest absolute Gasteiger partial charge is 0.408 e. The van der Waals surface area contributed by atoms with Crippen LogP contribution >= 0.6 is 0 Å². The van der Waals surface area contributed by atoms with Gasteiger partial charge in [0.2, 0.25) is 0 Å². The molecule has 20 heavy (non-hydrogen) atoms. The summed E-state index contributed by atoms with van der Waals surface area (Å²) in [5, 5.41) is 20.7. The van der Waals surface area contributed by atoms with E-state index >= 15 is 0 Å². The average molecular weight is 283 g/mol. The summed E-state index contributed by atoms with van der Waals surface area (Å²) in [7, 11) is 1.24. The van der Waals surface area contributed by atoms with Gasteiger partial charge in [-0.2, -0.15) is 5.26 Å². The fraction of sp³-hybridized carbons (Fsp3) is 0.636. The Labute approximate surface area is 116 Å². The predicted octanol–water partition coefficient (Wildman–Crippen LogP) is -0.680. The van der Waals surface area contributed by atoms with Crippen LogP contribution in [0.1, 0.15) is 6.92 Å². The molecular formula is C11H17N5O4. The van der Waals surface area contributed by atoms with E-state index in [1.54, 1.807) is 13.1 Å². The molecule has 0 aliphatic carbocycles. The third-order valence-corrected chi connectivity index (χ3v) is 3.02. The molecular weight excluding hydrogens is 266 g/mol. The molecule has 1 atom stereocenters. The van der Waals surface area contributed by atoms with Gasteiger partial charge in [-0.1, -0.05) is 0 Å². The number of carbonyl (C=O) groups excluding carboxylic acids is 2. The molecule has 1 heterocycles. The molecule has 9 nitrogen and oxygen atoms in total. The first kappa shape index (κ1) is 15.7. The second kappa shape index (κ2) is 6.72. The van der Waals surface area contributed by atoms with Gasteiger partial charge >= 0.3 is 12.1 Å². The van der Waals surface area contributed by atoms with Crippen molar-refractivity contribution in [2.45, 2.75) is 13.0 Å². The van der Waals surface area contributed by atoms with E-state index in [1.165, 1.54) is 7.05 Å². The molecule has 0 bridgehead atoms. The van der Waals surface area contributed by atoms with Gasteiger partial charge in [0, 0.05) is 33.2 Å². The molecule has 0 aromatic carbocycles. The second-order valence-electron chi connectivity index (χ2n) is 4.22. The van der Waals surface area contributed by atoms with Crippen molar-refractivity contribution in [3.05, 3.63) is 0 Å². The van der Waals surface area contributed by atoms with Gasteiger partial charge in [-0.05, 0) is 6.92 Å². The van der Waals surface area contributed by atoms with Crippen LogP contribution in [0, 0.1) is 11.5 Å². The van der Waals surface area contributed by atoms with E-state index in [0.717, 1.165) is 14.7 Å². The molecule has 9 heteroatoms. The lowest BCUT2D eigenvalue weighted by Crippen LogP contribution is -2.61. The molecule has 0 aromatic heterocycles. The van der Waals surface area contributed by atoms with Crippen LogP contribution in [0.2, 0.25) is 0 Å². The third-order valence-electron chi connectivity index (χ3n) is 3.02. The van der Waals surface area contributed by atoms with Crippen LogP contribution in [0.3, 0.4) is 0 Å². The average Bonchev–Trinajstić information content (AvgIpc) is 2.46. The van der Waals surface area contributed by atoms with Gasteiger partial charge < -0.3 is 10.4 Å². The lowest BCUT2D eigenvalue weighted by molar-refractivity contribution is -0.134. The highest BCUT2D eigenvalue weighted by molar-refractivity contribution is 5.98. The van der Waals surface area contributed by atoms with Crippen LogP contribution in [-0.4, -0.2) is 77.1 Å². The highest BCUT2D eigenvalue weighted by atomic mass is 16.4. The van der Waals surface area contributed by atoms with E-state index in [4.69, 9.17) is 10.4 Å². The van der Waals surface area contributed by atoms with Gasteiger partial charge in [0.25, 0.3) is 5.91 Å². The quantitative estimate of drug-likeness (QED) is 0.512. The zero-order chi connectivity index (χ0) is 15.3. The maximum Gasteiger partial charge on any atom is 0.408 e. The summed E-state index contributed by atoms with van der Waals surface area (Å²) in [4.78, 5) is 37.9. The zero-order valence-corrected chi connectivity index (χ0v) is 11.4. The maximum absolute atomic E-state index is 12.3. The van der Waals surface area contributed by atoms with Crippen molar-refractivity contribution >= 4 is 18.0 Å². The van der Waals surface area contributed by atoms with Gasteiger partial charge in [-0.25, -0.2) is 14.5 Å². The summed E-state index contributed by atoms with van der Waals surface area (Å²) >= 11 is 0. The molecule has 0 saturated carbocycles. The molecule has 1 rings (SSSR count). The molecule has 1 saturated heterocycles. The summed E-state index contributed by atoms with van der Waals surface area (Å²) in [5.41, 5.74) is 0. The van der Waals surface area contributed by atoms with Crippen molar-refractivity contribution < 1.29 is 19.5 Å². The molecule has 0 aromatic rings. The third kappa shape index (κ3) is 3.16. The summed E-state index contributed by atoms with van der Waals surface area (Å²) in [5.74, 6) is -0.630. The Kier molecular flexibility index (Phi) is 5.28. The number of imide groups is 1. The molecule has 1 aliphatic heterocycles. The fourth-order valence-electron chi connectivity index (χ4n) is 1.94. The van der Waals surface area contributed by atoms with Crippen molar-refractivity contribution in [2.75, 3.05) is 33.2 Å². The van der Waals surface area contributed by atoms with E-state index in [-0.39, 0.29) is 19.6 Å². The number of urea groups is 1. The van der Waals surface area contributed by atoms with Gasteiger partial charge in [0.15, 0.2) is 6.19 Å². The number of nitrogens with zero attached hydrogens (tertiary/aromatic N) is 4.